The van der Waals surface area contributed by atoms with Crippen molar-refractivity contribution in [1.29, 1.82) is 0 Å². The van der Waals surface area contributed by atoms with Crippen LogP contribution < -0.4 is 0 Å². The molecule has 0 radical (unpaired) electrons. The number of methoxy groups -OCH3 is 1. The second-order valence-electron chi connectivity index (χ2n) is 7.02. The van der Waals surface area contributed by atoms with Crippen molar-refractivity contribution in [3.63, 3.8) is 0 Å². The molecule has 0 saturated carbocycles. The fourth-order valence-corrected chi connectivity index (χ4v) is 3.92. The van der Waals surface area contributed by atoms with Crippen molar-refractivity contribution < 1.29 is 24.1 Å². The summed E-state index contributed by atoms with van der Waals surface area (Å²) in [5.74, 6) is 0. The number of hydrogen-bond acceptors (Lipinski definition) is 5. The normalized spacial score (nSPS) is 28.6. The number of hydrogen-bond donors (Lipinski definition) is 1. The molecule has 2 bridgehead atoms. The number of piperidine rings is 1. The average molecular weight is 349 g/mol. The third-order valence-electron chi connectivity index (χ3n) is 5.04. The van der Waals surface area contributed by atoms with E-state index < -0.39 is 5.60 Å². The number of aliphatic hydroxyl groups is 1. The number of amides is 1. The van der Waals surface area contributed by atoms with E-state index >= 15 is 0 Å². The zero-order chi connectivity index (χ0) is 17.7. The lowest BCUT2D eigenvalue weighted by Gasteiger charge is -2.51. The van der Waals surface area contributed by atoms with Crippen LogP contribution in [0, 0.1) is 0 Å². The molecule has 1 N–H and O–H groups in total. The van der Waals surface area contributed by atoms with Gasteiger partial charge in [0.25, 0.3) is 0 Å². The summed E-state index contributed by atoms with van der Waals surface area (Å²) in [6.07, 6.45) is 2.22. The van der Waals surface area contributed by atoms with Crippen molar-refractivity contribution in [2.24, 2.45) is 0 Å². The summed E-state index contributed by atoms with van der Waals surface area (Å²) < 4.78 is 16.2. The maximum atomic E-state index is 12.6. The number of ether oxygens (including phenoxy) is 3. The molecule has 0 aromatic heterocycles. The topological polar surface area (TPSA) is 68.2 Å². The Morgan fingerprint density at radius 3 is 2.60 bits per heavy atom. The summed E-state index contributed by atoms with van der Waals surface area (Å²) in [4.78, 5) is 14.4. The maximum Gasteiger partial charge on any atom is 0.410 e. The lowest BCUT2D eigenvalue weighted by atomic mass is 9.79. The molecule has 2 aliphatic heterocycles. The Balaban J connectivity index is 1.60. The van der Waals surface area contributed by atoms with E-state index in [2.05, 4.69) is 0 Å². The molecule has 1 aromatic carbocycles. The highest BCUT2D eigenvalue weighted by atomic mass is 16.6. The third kappa shape index (κ3) is 4.51. The summed E-state index contributed by atoms with van der Waals surface area (Å²) in [6.45, 7) is 1.79. The summed E-state index contributed by atoms with van der Waals surface area (Å²) >= 11 is 0. The molecule has 2 saturated heterocycles. The van der Waals surface area contributed by atoms with Gasteiger partial charge in [0, 0.05) is 13.7 Å². The van der Waals surface area contributed by atoms with Crippen LogP contribution >= 0.6 is 0 Å². The molecular formula is C19H27NO5. The van der Waals surface area contributed by atoms with Gasteiger partial charge in [0.2, 0.25) is 0 Å². The standard InChI is InChI=1S/C19H27NO5/c1-23-9-5-8-19(22)10-16-13-24-14-17(11-19)20(16)18(21)25-12-15-6-3-2-4-7-15/h2-4,6-7,16-17,22H,5,8-14H2,1H3. The maximum absolute atomic E-state index is 12.6. The average Bonchev–Trinajstić information content (AvgIpc) is 2.60. The van der Waals surface area contributed by atoms with Gasteiger partial charge in [0.05, 0.1) is 30.9 Å². The van der Waals surface area contributed by atoms with Crippen LogP contribution in [0.3, 0.4) is 0 Å². The smallest absolute Gasteiger partial charge is 0.410 e. The monoisotopic (exact) mass is 349 g/mol. The molecule has 2 heterocycles. The van der Waals surface area contributed by atoms with E-state index in [1.807, 2.05) is 30.3 Å². The zero-order valence-electron chi connectivity index (χ0n) is 14.7. The fraction of sp³-hybridized carbons (Fsp3) is 0.632. The molecule has 2 unspecified atom stereocenters. The summed E-state index contributed by atoms with van der Waals surface area (Å²) in [5.41, 5.74) is 0.207. The Hall–Kier alpha value is -1.63. The predicted octanol–water partition coefficient (Wildman–Crippen LogP) is 2.34. The largest absolute Gasteiger partial charge is 0.445 e. The lowest BCUT2D eigenvalue weighted by Crippen LogP contribution is -2.63. The van der Waals surface area contributed by atoms with Crippen LogP contribution in [0.25, 0.3) is 0 Å². The van der Waals surface area contributed by atoms with Crippen molar-refractivity contribution in [2.75, 3.05) is 26.9 Å². The van der Waals surface area contributed by atoms with E-state index in [0.29, 0.717) is 39.1 Å². The first-order valence-electron chi connectivity index (χ1n) is 8.89. The predicted molar refractivity (Wildman–Crippen MR) is 92.2 cm³/mol. The minimum atomic E-state index is -0.756. The number of carbonyl (C=O) groups excluding carboxylic acids is 1. The first-order valence-corrected chi connectivity index (χ1v) is 8.89. The van der Waals surface area contributed by atoms with Gasteiger partial charge >= 0.3 is 6.09 Å². The molecule has 2 fully saturated rings. The van der Waals surface area contributed by atoms with Gasteiger partial charge in [-0.05, 0) is 31.2 Å². The number of rotatable bonds is 6. The Morgan fingerprint density at radius 1 is 1.28 bits per heavy atom. The van der Waals surface area contributed by atoms with E-state index in [4.69, 9.17) is 14.2 Å². The third-order valence-corrected chi connectivity index (χ3v) is 5.04. The fourth-order valence-electron chi connectivity index (χ4n) is 3.92. The van der Waals surface area contributed by atoms with Crippen LogP contribution in [0.1, 0.15) is 31.2 Å². The Bertz CT molecular complexity index is 550. The molecule has 0 aliphatic carbocycles. The molecular weight excluding hydrogens is 322 g/mol. The number of carbonyl (C=O) groups is 1. The minimum absolute atomic E-state index is 0.136. The molecule has 2 atom stereocenters. The van der Waals surface area contributed by atoms with Gasteiger partial charge in [-0.15, -0.1) is 0 Å². The van der Waals surface area contributed by atoms with Gasteiger partial charge in [-0.3, -0.25) is 4.90 Å². The van der Waals surface area contributed by atoms with Crippen LogP contribution in [0.2, 0.25) is 0 Å². The molecule has 25 heavy (non-hydrogen) atoms. The Labute approximate surface area is 148 Å². The van der Waals surface area contributed by atoms with Crippen molar-refractivity contribution in [3.8, 4) is 0 Å². The van der Waals surface area contributed by atoms with E-state index in [-0.39, 0.29) is 24.8 Å². The first-order chi connectivity index (χ1) is 12.1. The van der Waals surface area contributed by atoms with Crippen LogP contribution in [0.15, 0.2) is 30.3 Å². The van der Waals surface area contributed by atoms with E-state index in [1.165, 1.54) is 0 Å². The SMILES string of the molecule is COCCCC1(O)CC2COCC(C1)N2C(=O)OCc1ccccc1. The van der Waals surface area contributed by atoms with Crippen LogP contribution in [-0.2, 0) is 20.8 Å². The highest BCUT2D eigenvalue weighted by Gasteiger charge is 2.48. The Morgan fingerprint density at radius 2 is 1.96 bits per heavy atom. The number of benzene rings is 1. The van der Waals surface area contributed by atoms with Gasteiger partial charge in [-0.25, -0.2) is 4.79 Å². The van der Waals surface area contributed by atoms with Gasteiger partial charge in [0.15, 0.2) is 0 Å². The van der Waals surface area contributed by atoms with E-state index in [0.717, 1.165) is 12.0 Å². The molecule has 1 aromatic rings. The first kappa shape index (κ1) is 18.2. The Kier molecular flexibility index (Phi) is 5.93. The van der Waals surface area contributed by atoms with Gasteiger partial charge in [0.1, 0.15) is 6.61 Å². The van der Waals surface area contributed by atoms with Gasteiger partial charge in [-0.1, -0.05) is 30.3 Å². The van der Waals surface area contributed by atoms with E-state index in [9.17, 15) is 9.90 Å². The summed E-state index contributed by atoms with van der Waals surface area (Å²) in [5, 5.41) is 10.9. The lowest BCUT2D eigenvalue weighted by molar-refractivity contribution is -0.136. The van der Waals surface area contributed by atoms with Gasteiger partial charge < -0.3 is 19.3 Å². The van der Waals surface area contributed by atoms with Crippen molar-refractivity contribution in [2.45, 2.75) is 50.0 Å². The van der Waals surface area contributed by atoms with Crippen molar-refractivity contribution in [3.05, 3.63) is 35.9 Å². The second-order valence-corrected chi connectivity index (χ2v) is 7.02. The molecule has 138 valence electrons. The van der Waals surface area contributed by atoms with Gasteiger partial charge in [-0.2, -0.15) is 0 Å². The highest BCUT2D eigenvalue weighted by Crippen LogP contribution is 2.37. The second kappa shape index (κ2) is 8.17. The number of fused-ring (bicyclic) bond motifs is 2. The van der Waals surface area contributed by atoms with Crippen LogP contribution in [0.5, 0.6) is 0 Å². The number of morpholine rings is 1. The van der Waals surface area contributed by atoms with Crippen molar-refractivity contribution >= 4 is 6.09 Å². The minimum Gasteiger partial charge on any atom is -0.445 e. The van der Waals surface area contributed by atoms with Crippen LogP contribution in [-0.4, -0.2) is 60.7 Å². The zero-order valence-corrected chi connectivity index (χ0v) is 14.7. The molecule has 6 nitrogen and oxygen atoms in total. The van der Waals surface area contributed by atoms with Crippen LogP contribution in [0.4, 0.5) is 4.79 Å². The quantitative estimate of drug-likeness (QED) is 0.799. The summed E-state index contributed by atoms with van der Waals surface area (Å²) in [6, 6.07) is 9.37. The summed E-state index contributed by atoms with van der Waals surface area (Å²) in [7, 11) is 1.66. The molecule has 1 amide bonds. The molecule has 6 heteroatoms. The molecule has 2 aliphatic rings. The number of nitrogens with zero attached hydrogens (tertiary/aromatic N) is 1. The molecule has 3 rings (SSSR count). The van der Waals surface area contributed by atoms with E-state index in [1.54, 1.807) is 12.0 Å². The van der Waals surface area contributed by atoms with Crippen molar-refractivity contribution in [1.82, 2.24) is 4.90 Å². The molecule has 0 spiro atoms. The highest BCUT2D eigenvalue weighted by molar-refractivity contribution is 5.69.